The molecule has 0 aromatic carbocycles. The van der Waals surface area contributed by atoms with Crippen molar-refractivity contribution in [3.05, 3.63) is 46.6 Å². The number of hydrogen-bond donors (Lipinski definition) is 0. The molecule has 138 valence electrons. The second-order valence-corrected chi connectivity index (χ2v) is 7.13. The summed E-state index contributed by atoms with van der Waals surface area (Å²) in [5, 5.41) is 4.50. The number of carbonyl (C=O) groups is 1. The van der Waals surface area contributed by atoms with E-state index < -0.39 is 0 Å². The Bertz CT molecular complexity index is 873. The summed E-state index contributed by atoms with van der Waals surface area (Å²) in [6.45, 7) is 4.07. The molecule has 2 fully saturated rings. The number of likely N-dealkylation sites (N-methyl/N-ethyl adjacent to an activating group) is 1. The van der Waals surface area contributed by atoms with Gasteiger partial charge < -0.3 is 9.47 Å². The molecule has 2 amide bonds. The predicted molar refractivity (Wildman–Crippen MR) is 98.2 cm³/mol. The largest absolute Gasteiger partial charge is 0.326 e. The van der Waals surface area contributed by atoms with Crippen LogP contribution in [0.25, 0.3) is 0 Å². The normalized spacial score (nSPS) is 21.2. The monoisotopic (exact) mass is 356 g/mol. The van der Waals surface area contributed by atoms with E-state index in [4.69, 9.17) is 0 Å². The molecule has 1 atom stereocenters. The van der Waals surface area contributed by atoms with Crippen molar-refractivity contribution >= 4 is 11.7 Å². The number of aromatic nitrogens is 3. The van der Waals surface area contributed by atoms with Crippen LogP contribution in [-0.4, -0.2) is 63.4 Å². The van der Waals surface area contributed by atoms with E-state index in [9.17, 15) is 9.59 Å². The molecule has 0 aliphatic carbocycles. The topological polar surface area (TPSA) is 66.6 Å². The molecular formula is C18H24N6O2. The Morgan fingerprint density at radius 2 is 2.00 bits per heavy atom. The number of pyridine rings is 1. The molecule has 8 heteroatoms. The summed E-state index contributed by atoms with van der Waals surface area (Å²) < 4.78 is 3.68. The molecule has 0 saturated carbocycles. The van der Waals surface area contributed by atoms with Gasteiger partial charge in [-0.15, -0.1) is 0 Å². The molecule has 4 heterocycles. The van der Waals surface area contributed by atoms with Gasteiger partial charge in [-0.3, -0.25) is 19.3 Å². The first-order chi connectivity index (χ1) is 12.5. The van der Waals surface area contributed by atoms with E-state index in [0.29, 0.717) is 12.6 Å². The molecule has 0 bridgehead atoms. The molecule has 2 aliphatic heterocycles. The van der Waals surface area contributed by atoms with Crippen molar-refractivity contribution in [2.45, 2.75) is 19.0 Å². The molecule has 2 aromatic heterocycles. The Hall–Kier alpha value is -2.61. The predicted octanol–water partition coefficient (Wildman–Crippen LogP) is 0.901. The minimum Gasteiger partial charge on any atom is -0.326 e. The van der Waals surface area contributed by atoms with E-state index in [1.807, 2.05) is 37.1 Å². The maximum absolute atomic E-state index is 12.1. The van der Waals surface area contributed by atoms with E-state index in [1.165, 1.54) is 0 Å². The third-order valence-corrected chi connectivity index (χ3v) is 5.41. The van der Waals surface area contributed by atoms with Gasteiger partial charge >= 0.3 is 6.03 Å². The van der Waals surface area contributed by atoms with Crippen molar-refractivity contribution in [2.24, 2.45) is 7.05 Å². The number of carbonyl (C=O) groups excluding carboxylic acids is 1. The van der Waals surface area contributed by atoms with E-state index in [1.54, 1.807) is 26.6 Å². The molecule has 2 aromatic rings. The summed E-state index contributed by atoms with van der Waals surface area (Å²) in [6.07, 6.45) is 4.76. The summed E-state index contributed by atoms with van der Waals surface area (Å²) in [7, 11) is 3.63. The van der Waals surface area contributed by atoms with Gasteiger partial charge in [0.1, 0.15) is 0 Å². The van der Waals surface area contributed by atoms with Crippen molar-refractivity contribution < 1.29 is 4.79 Å². The zero-order valence-electron chi connectivity index (χ0n) is 15.2. The lowest BCUT2D eigenvalue weighted by molar-refractivity contribution is 0.229. The van der Waals surface area contributed by atoms with E-state index in [2.05, 4.69) is 10.00 Å². The Balaban J connectivity index is 1.42. The minimum absolute atomic E-state index is 0.0233. The smallest absolute Gasteiger partial charge is 0.324 e. The van der Waals surface area contributed by atoms with Crippen molar-refractivity contribution in [1.82, 2.24) is 24.1 Å². The second-order valence-electron chi connectivity index (χ2n) is 7.13. The van der Waals surface area contributed by atoms with Crippen LogP contribution in [0.5, 0.6) is 0 Å². The van der Waals surface area contributed by atoms with Crippen molar-refractivity contribution in [3.8, 4) is 0 Å². The lowest BCUT2D eigenvalue weighted by Gasteiger charge is -2.18. The van der Waals surface area contributed by atoms with Gasteiger partial charge in [-0.2, -0.15) is 5.10 Å². The highest BCUT2D eigenvalue weighted by Crippen LogP contribution is 2.26. The SMILES string of the molecule is CN1CCN(c2cnn(C3CCN(Cc4cccc(=O)n4C)C3)c2)C1=O. The zero-order valence-corrected chi connectivity index (χ0v) is 15.2. The number of urea groups is 1. The minimum atomic E-state index is 0.0233. The molecule has 1 unspecified atom stereocenters. The molecule has 0 radical (unpaired) electrons. The number of rotatable bonds is 4. The van der Waals surface area contributed by atoms with Crippen LogP contribution < -0.4 is 10.5 Å². The van der Waals surface area contributed by atoms with E-state index in [-0.39, 0.29) is 11.6 Å². The maximum Gasteiger partial charge on any atom is 0.324 e. The molecule has 4 rings (SSSR count). The van der Waals surface area contributed by atoms with Gasteiger partial charge in [-0.05, 0) is 12.5 Å². The van der Waals surface area contributed by atoms with Crippen LogP contribution in [-0.2, 0) is 13.6 Å². The molecule has 8 nitrogen and oxygen atoms in total. The van der Waals surface area contributed by atoms with Crippen LogP contribution in [0.15, 0.2) is 35.4 Å². The average molecular weight is 356 g/mol. The van der Waals surface area contributed by atoms with Crippen LogP contribution in [0.1, 0.15) is 18.2 Å². The van der Waals surface area contributed by atoms with Crippen LogP contribution in [0.3, 0.4) is 0 Å². The van der Waals surface area contributed by atoms with Crippen LogP contribution in [0, 0.1) is 0 Å². The van der Waals surface area contributed by atoms with Gasteiger partial charge in [0.25, 0.3) is 0 Å². The summed E-state index contributed by atoms with van der Waals surface area (Å²) in [6, 6.07) is 5.71. The lowest BCUT2D eigenvalue weighted by atomic mass is 10.3. The van der Waals surface area contributed by atoms with Crippen LogP contribution >= 0.6 is 0 Å². The summed E-state index contributed by atoms with van der Waals surface area (Å²) in [5.41, 5.74) is 1.91. The summed E-state index contributed by atoms with van der Waals surface area (Å²) in [5.74, 6) is 0. The number of amides is 2. The Morgan fingerprint density at radius 1 is 1.15 bits per heavy atom. The highest BCUT2D eigenvalue weighted by Gasteiger charge is 2.29. The summed E-state index contributed by atoms with van der Waals surface area (Å²) >= 11 is 0. The molecule has 0 spiro atoms. The number of likely N-dealkylation sites (tertiary alicyclic amines) is 1. The molecule has 2 saturated heterocycles. The third-order valence-electron chi connectivity index (χ3n) is 5.41. The van der Waals surface area contributed by atoms with Gasteiger partial charge in [0.05, 0.1) is 17.9 Å². The van der Waals surface area contributed by atoms with Crippen molar-refractivity contribution in [2.75, 3.05) is 38.1 Å². The Labute approximate surface area is 152 Å². The highest BCUT2D eigenvalue weighted by molar-refractivity contribution is 5.93. The molecule has 0 N–H and O–H groups in total. The molecular weight excluding hydrogens is 332 g/mol. The molecule has 26 heavy (non-hydrogen) atoms. The quantitative estimate of drug-likeness (QED) is 0.816. The highest BCUT2D eigenvalue weighted by atomic mass is 16.2. The van der Waals surface area contributed by atoms with Gasteiger partial charge in [-0.25, -0.2) is 4.79 Å². The van der Waals surface area contributed by atoms with E-state index >= 15 is 0 Å². The standard InChI is InChI=1S/C18H24N6O2/c1-20-8-9-23(18(20)26)16-10-19-24(13-16)15-6-7-22(12-15)11-14-4-3-5-17(25)21(14)2/h3-5,10,13,15H,6-9,11-12H2,1-2H3. The fourth-order valence-corrected chi connectivity index (χ4v) is 3.72. The summed E-state index contributed by atoms with van der Waals surface area (Å²) in [4.78, 5) is 29.7. The fraction of sp³-hybridized carbons (Fsp3) is 0.500. The number of hydrogen-bond acceptors (Lipinski definition) is 4. The van der Waals surface area contributed by atoms with Gasteiger partial charge in [0.15, 0.2) is 0 Å². The van der Waals surface area contributed by atoms with Crippen molar-refractivity contribution in [1.29, 1.82) is 0 Å². The first-order valence-corrected chi connectivity index (χ1v) is 8.97. The first-order valence-electron chi connectivity index (χ1n) is 8.97. The average Bonchev–Trinajstić information content (AvgIpc) is 3.34. The van der Waals surface area contributed by atoms with Crippen LogP contribution in [0.4, 0.5) is 10.5 Å². The molecule has 2 aliphatic rings. The third kappa shape index (κ3) is 3.01. The Morgan fingerprint density at radius 3 is 2.77 bits per heavy atom. The number of nitrogens with zero attached hydrogens (tertiary/aromatic N) is 6. The van der Waals surface area contributed by atoms with Gasteiger partial charge in [0, 0.05) is 64.8 Å². The first kappa shape index (κ1) is 16.8. The van der Waals surface area contributed by atoms with E-state index in [0.717, 1.165) is 44.0 Å². The Kier molecular flexibility index (Phi) is 4.28. The maximum atomic E-state index is 12.1. The number of anilines is 1. The van der Waals surface area contributed by atoms with Crippen molar-refractivity contribution in [3.63, 3.8) is 0 Å². The fourth-order valence-electron chi connectivity index (χ4n) is 3.72. The van der Waals surface area contributed by atoms with Gasteiger partial charge in [0.2, 0.25) is 5.56 Å². The van der Waals surface area contributed by atoms with Gasteiger partial charge in [-0.1, -0.05) is 6.07 Å². The lowest BCUT2D eigenvalue weighted by Crippen LogP contribution is -2.28. The zero-order chi connectivity index (χ0) is 18.3. The second kappa shape index (κ2) is 6.60. The van der Waals surface area contributed by atoms with Crippen LogP contribution in [0.2, 0.25) is 0 Å².